The average molecular weight is 444 g/mol. The minimum absolute atomic E-state index is 0.250. The van der Waals surface area contributed by atoms with E-state index in [0.717, 1.165) is 18.4 Å². The lowest BCUT2D eigenvalue weighted by molar-refractivity contribution is -0.137. The normalized spacial score (nSPS) is 14.0. The quantitative estimate of drug-likeness (QED) is 0.706. The molecule has 2 aromatic rings. The Labute approximate surface area is 173 Å². The molecule has 0 fully saturated rings. The molecule has 6 nitrogen and oxygen atoms in total. The molecule has 1 N–H and O–H groups in total. The molecule has 0 aliphatic carbocycles. The molecule has 0 saturated carbocycles. The second-order valence-corrected chi connectivity index (χ2v) is 8.61. The van der Waals surface area contributed by atoms with E-state index in [1.807, 2.05) is 0 Å². The summed E-state index contributed by atoms with van der Waals surface area (Å²) in [6, 6.07) is 9.01. The van der Waals surface area contributed by atoms with Crippen molar-refractivity contribution in [3.63, 3.8) is 0 Å². The fraction of sp³-hybridized carbons (Fsp3) is 0.350. The van der Waals surface area contributed by atoms with Gasteiger partial charge in [-0.25, -0.2) is 8.42 Å². The first-order valence-electron chi connectivity index (χ1n) is 8.96. The number of amides is 1. The van der Waals surface area contributed by atoms with Crippen LogP contribution in [-0.4, -0.2) is 33.7 Å². The molecule has 2 rings (SSSR count). The molecule has 2 atom stereocenters. The Hall–Kier alpha value is -2.75. The zero-order chi connectivity index (χ0) is 22.7. The standard InChI is InChI=1S/C20H23F3N2O4S/c1-13(17-10-5-6-11-18(17)29-3)24-19(26)14(2)25(30(4,27)28)16-9-7-8-15(12-16)20(21,22)23/h5-14H,1-4H3,(H,24,26)/t13-,14+/m0/s1. The van der Waals surface area contributed by atoms with Crippen molar-refractivity contribution >= 4 is 21.6 Å². The van der Waals surface area contributed by atoms with Crippen LogP contribution in [0.5, 0.6) is 5.75 Å². The Kier molecular flexibility index (Phi) is 7.02. The van der Waals surface area contributed by atoms with Crippen molar-refractivity contribution in [2.24, 2.45) is 0 Å². The van der Waals surface area contributed by atoms with Crippen molar-refractivity contribution in [1.29, 1.82) is 0 Å². The number of hydrogen-bond donors (Lipinski definition) is 1. The largest absolute Gasteiger partial charge is 0.496 e. The van der Waals surface area contributed by atoms with Crippen LogP contribution in [-0.2, 0) is 21.0 Å². The number of carbonyl (C=O) groups is 1. The maximum Gasteiger partial charge on any atom is 0.416 e. The van der Waals surface area contributed by atoms with Crippen LogP contribution in [0, 0.1) is 0 Å². The summed E-state index contributed by atoms with van der Waals surface area (Å²) in [5.74, 6) is -0.132. The van der Waals surface area contributed by atoms with Crippen LogP contribution in [0.1, 0.15) is 31.0 Å². The van der Waals surface area contributed by atoms with Gasteiger partial charge in [0.25, 0.3) is 0 Å². The lowest BCUT2D eigenvalue weighted by atomic mass is 10.1. The third kappa shape index (κ3) is 5.44. The van der Waals surface area contributed by atoms with Crippen LogP contribution < -0.4 is 14.4 Å². The highest BCUT2D eigenvalue weighted by Crippen LogP contribution is 2.33. The van der Waals surface area contributed by atoms with Gasteiger partial charge in [0.05, 0.1) is 30.7 Å². The van der Waals surface area contributed by atoms with E-state index in [4.69, 9.17) is 4.74 Å². The van der Waals surface area contributed by atoms with Crippen molar-refractivity contribution in [3.8, 4) is 5.75 Å². The van der Waals surface area contributed by atoms with Crippen molar-refractivity contribution in [1.82, 2.24) is 5.32 Å². The first kappa shape index (κ1) is 23.5. The summed E-state index contributed by atoms with van der Waals surface area (Å²) in [5.41, 5.74) is -0.589. The molecule has 0 saturated heterocycles. The van der Waals surface area contributed by atoms with Crippen LogP contribution in [0.4, 0.5) is 18.9 Å². The van der Waals surface area contributed by atoms with Crippen LogP contribution >= 0.6 is 0 Å². The lowest BCUT2D eigenvalue weighted by Crippen LogP contribution is -2.48. The highest BCUT2D eigenvalue weighted by Gasteiger charge is 2.34. The summed E-state index contributed by atoms with van der Waals surface area (Å²) in [5, 5.41) is 2.69. The van der Waals surface area contributed by atoms with Crippen molar-refractivity contribution in [2.75, 3.05) is 17.7 Å². The smallest absolute Gasteiger partial charge is 0.416 e. The predicted octanol–water partition coefficient (Wildman–Crippen LogP) is 3.75. The van der Waals surface area contributed by atoms with E-state index in [-0.39, 0.29) is 5.69 Å². The van der Waals surface area contributed by atoms with Crippen molar-refractivity contribution < 1.29 is 31.1 Å². The number of benzene rings is 2. The molecular formula is C20H23F3N2O4S. The SMILES string of the molecule is COc1ccccc1[C@H](C)NC(=O)[C@@H](C)N(c1cccc(C(F)(F)F)c1)S(C)(=O)=O. The summed E-state index contributed by atoms with van der Waals surface area (Å²) in [6.45, 7) is 3.00. The number of anilines is 1. The molecule has 0 radical (unpaired) electrons. The third-order valence-electron chi connectivity index (χ3n) is 4.48. The molecule has 0 heterocycles. The van der Waals surface area contributed by atoms with Crippen LogP contribution in [0.2, 0.25) is 0 Å². The van der Waals surface area contributed by atoms with E-state index in [9.17, 15) is 26.4 Å². The summed E-state index contributed by atoms with van der Waals surface area (Å²) in [6.07, 6.45) is -3.82. The zero-order valence-electron chi connectivity index (χ0n) is 16.9. The summed E-state index contributed by atoms with van der Waals surface area (Å²) < 4.78 is 69.8. The predicted molar refractivity (Wildman–Crippen MR) is 108 cm³/mol. The highest BCUT2D eigenvalue weighted by atomic mass is 32.2. The van der Waals surface area contributed by atoms with E-state index in [2.05, 4.69) is 5.32 Å². The number of hydrogen-bond acceptors (Lipinski definition) is 4. The second kappa shape index (κ2) is 8.95. The number of methoxy groups -OCH3 is 1. The summed E-state index contributed by atoms with van der Waals surface area (Å²) in [7, 11) is -2.58. The average Bonchev–Trinajstić information content (AvgIpc) is 2.66. The van der Waals surface area contributed by atoms with Gasteiger partial charge in [0.1, 0.15) is 11.8 Å². The van der Waals surface area contributed by atoms with E-state index in [1.165, 1.54) is 20.1 Å². The van der Waals surface area contributed by atoms with Gasteiger partial charge in [-0.15, -0.1) is 0 Å². The number of rotatable bonds is 7. The van der Waals surface area contributed by atoms with Crippen molar-refractivity contribution in [3.05, 3.63) is 59.7 Å². The number of halogens is 3. The van der Waals surface area contributed by atoms with E-state index in [1.54, 1.807) is 31.2 Å². The van der Waals surface area contributed by atoms with Crippen LogP contribution in [0.25, 0.3) is 0 Å². The minimum Gasteiger partial charge on any atom is -0.496 e. The highest BCUT2D eigenvalue weighted by molar-refractivity contribution is 7.92. The number of nitrogens with one attached hydrogen (secondary N) is 1. The molecule has 0 unspecified atom stereocenters. The monoisotopic (exact) mass is 444 g/mol. The molecular weight excluding hydrogens is 421 g/mol. The first-order chi connectivity index (χ1) is 13.9. The number of sulfonamides is 1. The Morgan fingerprint density at radius 3 is 2.30 bits per heavy atom. The number of alkyl halides is 3. The van der Waals surface area contributed by atoms with Gasteiger partial charge >= 0.3 is 6.18 Å². The maximum atomic E-state index is 13.1. The fourth-order valence-electron chi connectivity index (χ4n) is 3.06. The lowest BCUT2D eigenvalue weighted by Gasteiger charge is -2.30. The van der Waals surface area contributed by atoms with Gasteiger partial charge in [0.15, 0.2) is 0 Å². The van der Waals surface area contributed by atoms with Gasteiger partial charge in [-0.2, -0.15) is 13.2 Å². The molecule has 2 aromatic carbocycles. The Bertz CT molecular complexity index is 1010. The second-order valence-electron chi connectivity index (χ2n) is 6.76. The van der Waals surface area contributed by atoms with E-state index < -0.39 is 39.8 Å². The van der Waals surface area contributed by atoms with Crippen molar-refractivity contribution in [2.45, 2.75) is 32.1 Å². The molecule has 0 bridgehead atoms. The molecule has 1 amide bonds. The van der Waals surface area contributed by atoms with Gasteiger partial charge in [-0.3, -0.25) is 9.10 Å². The topological polar surface area (TPSA) is 75.7 Å². The van der Waals surface area contributed by atoms with Crippen LogP contribution in [0.3, 0.4) is 0 Å². The molecule has 164 valence electrons. The minimum atomic E-state index is -4.65. The first-order valence-corrected chi connectivity index (χ1v) is 10.8. The summed E-state index contributed by atoms with van der Waals surface area (Å²) in [4.78, 5) is 12.8. The number of nitrogens with zero attached hydrogens (tertiary/aromatic N) is 1. The van der Waals surface area contributed by atoms with Gasteiger partial charge in [-0.1, -0.05) is 24.3 Å². The molecule has 0 spiro atoms. The molecule has 0 aromatic heterocycles. The third-order valence-corrected chi connectivity index (χ3v) is 5.72. The van der Waals surface area contributed by atoms with E-state index >= 15 is 0 Å². The van der Waals surface area contributed by atoms with Crippen LogP contribution in [0.15, 0.2) is 48.5 Å². The van der Waals surface area contributed by atoms with Gasteiger partial charge < -0.3 is 10.1 Å². The number of carbonyl (C=O) groups excluding carboxylic acids is 1. The van der Waals surface area contributed by atoms with E-state index in [0.29, 0.717) is 21.7 Å². The number of para-hydroxylation sites is 1. The Morgan fingerprint density at radius 1 is 1.10 bits per heavy atom. The summed E-state index contributed by atoms with van der Waals surface area (Å²) >= 11 is 0. The zero-order valence-corrected chi connectivity index (χ0v) is 17.7. The molecule has 30 heavy (non-hydrogen) atoms. The maximum absolute atomic E-state index is 13.1. The van der Waals surface area contributed by atoms with Gasteiger partial charge in [0, 0.05) is 5.56 Å². The Morgan fingerprint density at radius 2 is 1.73 bits per heavy atom. The van der Waals surface area contributed by atoms with Gasteiger partial charge in [0.2, 0.25) is 15.9 Å². The molecule has 10 heteroatoms. The fourth-order valence-corrected chi connectivity index (χ4v) is 4.23. The van der Waals surface area contributed by atoms with Gasteiger partial charge in [-0.05, 0) is 38.1 Å². The molecule has 0 aliphatic rings. The number of ether oxygens (including phenoxy) is 1. The Balaban J connectivity index is 2.34. The molecule has 0 aliphatic heterocycles.